The zero-order valence-electron chi connectivity index (χ0n) is 12.5. The molecular weight excluding hydrogens is 323 g/mol. The fourth-order valence-electron chi connectivity index (χ4n) is 1.69. The number of hydrogen-bond donors (Lipinski definition) is 2. The van der Waals surface area contributed by atoms with Crippen molar-refractivity contribution in [3.8, 4) is 0 Å². The first-order valence-corrected chi connectivity index (χ1v) is 6.55. The van der Waals surface area contributed by atoms with Crippen molar-refractivity contribution in [2.45, 2.75) is 32.0 Å². The predicted molar refractivity (Wildman–Crippen MR) is 69.0 cm³/mol. The topological polar surface area (TPSA) is 105 Å². The number of urea groups is 1. The van der Waals surface area contributed by atoms with Gasteiger partial charge in [-0.3, -0.25) is 19.3 Å². The van der Waals surface area contributed by atoms with Gasteiger partial charge >= 0.3 is 18.2 Å². The van der Waals surface area contributed by atoms with E-state index in [-0.39, 0.29) is 13.0 Å². The smallest absolute Gasteiger partial charge is 0.405 e. The molecule has 0 aromatic rings. The van der Waals surface area contributed by atoms with Gasteiger partial charge < -0.3 is 15.4 Å². The second-order valence-electron chi connectivity index (χ2n) is 5.31. The van der Waals surface area contributed by atoms with Gasteiger partial charge in [0, 0.05) is 6.54 Å². The van der Waals surface area contributed by atoms with E-state index in [2.05, 4.69) is 10.1 Å². The molecule has 0 bridgehead atoms. The first-order chi connectivity index (χ1) is 10.4. The van der Waals surface area contributed by atoms with Crippen LogP contribution in [0.3, 0.4) is 0 Å². The van der Waals surface area contributed by atoms with Crippen molar-refractivity contribution in [3.63, 3.8) is 0 Å². The van der Waals surface area contributed by atoms with Crippen LogP contribution in [0.1, 0.15) is 20.3 Å². The quantitative estimate of drug-likeness (QED) is 0.521. The SMILES string of the molecule is CC1(C)NC(=O)N(CCC(=O)OCC(=O)NCC(F)(F)F)C1=O. The van der Waals surface area contributed by atoms with E-state index in [9.17, 15) is 32.3 Å². The first-order valence-electron chi connectivity index (χ1n) is 6.55. The van der Waals surface area contributed by atoms with Gasteiger partial charge in [-0.05, 0) is 13.8 Å². The Bertz CT molecular complexity index is 519. The number of hydrogen-bond acceptors (Lipinski definition) is 5. The monoisotopic (exact) mass is 339 g/mol. The molecule has 130 valence electrons. The molecule has 0 spiro atoms. The number of rotatable bonds is 6. The van der Waals surface area contributed by atoms with Crippen LogP contribution in [0.5, 0.6) is 0 Å². The zero-order chi connectivity index (χ0) is 17.8. The van der Waals surface area contributed by atoms with Crippen molar-refractivity contribution in [3.05, 3.63) is 0 Å². The number of amides is 4. The third-order valence-corrected chi connectivity index (χ3v) is 2.83. The predicted octanol–water partition coefficient (Wildman–Crippen LogP) is -0.0714. The number of nitrogens with one attached hydrogen (secondary N) is 2. The number of nitrogens with zero attached hydrogens (tertiary/aromatic N) is 1. The molecule has 1 heterocycles. The Morgan fingerprint density at radius 2 is 1.91 bits per heavy atom. The minimum atomic E-state index is -4.56. The Balaban J connectivity index is 2.31. The third kappa shape index (κ3) is 5.75. The average molecular weight is 339 g/mol. The minimum Gasteiger partial charge on any atom is -0.456 e. The Hall–Kier alpha value is -2.33. The van der Waals surface area contributed by atoms with E-state index in [1.54, 1.807) is 0 Å². The summed E-state index contributed by atoms with van der Waals surface area (Å²) in [6.45, 7) is 0.339. The van der Waals surface area contributed by atoms with E-state index in [0.717, 1.165) is 4.90 Å². The molecule has 11 heteroatoms. The maximum absolute atomic E-state index is 11.8. The summed E-state index contributed by atoms with van der Waals surface area (Å²) in [5.41, 5.74) is -1.07. The van der Waals surface area contributed by atoms with Crippen LogP contribution in [0.15, 0.2) is 0 Å². The highest BCUT2D eigenvalue weighted by atomic mass is 19.4. The maximum atomic E-state index is 11.8. The fraction of sp³-hybridized carbons (Fsp3) is 0.667. The summed E-state index contributed by atoms with van der Waals surface area (Å²) >= 11 is 0. The standard InChI is InChI=1S/C12H16F3N3O5/c1-11(2)9(21)18(10(22)17-11)4-3-8(20)23-5-7(19)16-6-12(13,14)15/h3-6H2,1-2H3,(H,16,19)(H,17,22). The molecule has 0 atom stereocenters. The van der Waals surface area contributed by atoms with Gasteiger partial charge in [-0.15, -0.1) is 0 Å². The minimum absolute atomic E-state index is 0.253. The van der Waals surface area contributed by atoms with Crippen LogP contribution in [-0.4, -0.2) is 60.1 Å². The van der Waals surface area contributed by atoms with Crippen molar-refractivity contribution >= 4 is 23.8 Å². The molecule has 1 fully saturated rings. The Morgan fingerprint density at radius 3 is 2.39 bits per heavy atom. The van der Waals surface area contributed by atoms with Gasteiger partial charge in [-0.1, -0.05) is 0 Å². The van der Waals surface area contributed by atoms with Crippen molar-refractivity contribution in [1.29, 1.82) is 0 Å². The van der Waals surface area contributed by atoms with Gasteiger partial charge in [0.1, 0.15) is 12.1 Å². The lowest BCUT2D eigenvalue weighted by Crippen LogP contribution is -2.40. The molecule has 4 amide bonds. The highest BCUT2D eigenvalue weighted by Gasteiger charge is 2.44. The number of carbonyl (C=O) groups is 4. The van der Waals surface area contributed by atoms with E-state index in [4.69, 9.17) is 0 Å². The molecule has 0 aliphatic carbocycles. The number of esters is 1. The number of ether oxygens (including phenoxy) is 1. The lowest BCUT2D eigenvalue weighted by Gasteiger charge is -2.15. The van der Waals surface area contributed by atoms with E-state index in [0.29, 0.717) is 0 Å². The number of alkyl halides is 3. The molecule has 0 saturated carbocycles. The summed E-state index contributed by atoms with van der Waals surface area (Å²) in [5.74, 6) is -2.54. The van der Waals surface area contributed by atoms with Gasteiger partial charge in [-0.25, -0.2) is 4.79 Å². The van der Waals surface area contributed by atoms with Gasteiger partial charge in [-0.2, -0.15) is 13.2 Å². The van der Waals surface area contributed by atoms with Crippen molar-refractivity contribution in [2.75, 3.05) is 19.7 Å². The summed E-state index contributed by atoms with van der Waals surface area (Å²) in [6.07, 6.45) is -4.93. The Labute approximate surface area is 129 Å². The fourth-order valence-corrected chi connectivity index (χ4v) is 1.69. The molecule has 1 rings (SSSR count). The van der Waals surface area contributed by atoms with Crippen LogP contribution in [0.2, 0.25) is 0 Å². The molecule has 0 radical (unpaired) electrons. The van der Waals surface area contributed by atoms with Crippen LogP contribution in [0, 0.1) is 0 Å². The van der Waals surface area contributed by atoms with E-state index >= 15 is 0 Å². The summed E-state index contributed by atoms with van der Waals surface area (Å²) < 4.78 is 40.0. The van der Waals surface area contributed by atoms with E-state index < -0.39 is 48.7 Å². The molecule has 1 aliphatic rings. The summed E-state index contributed by atoms with van der Waals surface area (Å²) in [7, 11) is 0. The summed E-state index contributed by atoms with van der Waals surface area (Å²) in [4.78, 5) is 46.6. The summed E-state index contributed by atoms with van der Waals surface area (Å²) in [5, 5.41) is 3.94. The molecule has 0 aromatic heterocycles. The van der Waals surface area contributed by atoms with Crippen molar-refractivity contribution in [1.82, 2.24) is 15.5 Å². The van der Waals surface area contributed by atoms with Gasteiger partial charge in [0.25, 0.3) is 11.8 Å². The second kappa shape index (κ2) is 6.84. The molecule has 23 heavy (non-hydrogen) atoms. The van der Waals surface area contributed by atoms with Crippen molar-refractivity contribution in [2.24, 2.45) is 0 Å². The van der Waals surface area contributed by atoms with Crippen LogP contribution >= 0.6 is 0 Å². The highest BCUT2D eigenvalue weighted by Crippen LogP contribution is 2.16. The van der Waals surface area contributed by atoms with Gasteiger partial charge in [0.15, 0.2) is 6.61 Å². The largest absolute Gasteiger partial charge is 0.456 e. The molecular formula is C12H16F3N3O5. The van der Waals surface area contributed by atoms with Gasteiger partial charge in [0.05, 0.1) is 6.42 Å². The van der Waals surface area contributed by atoms with Gasteiger partial charge in [0.2, 0.25) is 0 Å². The van der Waals surface area contributed by atoms with Crippen LogP contribution in [0.25, 0.3) is 0 Å². The molecule has 2 N–H and O–H groups in total. The Morgan fingerprint density at radius 1 is 1.30 bits per heavy atom. The average Bonchev–Trinajstić information content (AvgIpc) is 2.60. The molecule has 0 aromatic carbocycles. The third-order valence-electron chi connectivity index (χ3n) is 2.83. The maximum Gasteiger partial charge on any atom is 0.405 e. The van der Waals surface area contributed by atoms with E-state index in [1.165, 1.54) is 19.2 Å². The first kappa shape index (κ1) is 18.7. The molecule has 0 unspecified atom stereocenters. The second-order valence-corrected chi connectivity index (χ2v) is 5.31. The Kier molecular flexibility index (Phi) is 5.56. The highest BCUT2D eigenvalue weighted by molar-refractivity contribution is 6.06. The van der Waals surface area contributed by atoms with Crippen molar-refractivity contribution < 1.29 is 37.1 Å². The van der Waals surface area contributed by atoms with E-state index in [1.807, 2.05) is 0 Å². The number of carbonyl (C=O) groups excluding carboxylic acids is 4. The molecule has 8 nitrogen and oxygen atoms in total. The van der Waals surface area contributed by atoms with Crippen LogP contribution in [0.4, 0.5) is 18.0 Å². The lowest BCUT2D eigenvalue weighted by atomic mass is 10.1. The zero-order valence-corrected chi connectivity index (χ0v) is 12.5. The molecule has 1 aliphatic heterocycles. The number of halogens is 3. The van der Waals surface area contributed by atoms with Crippen LogP contribution < -0.4 is 10.6 Å². The molecule has 1 saturated heterocycles. The number of imide groups is 1. The normalized spacial score (nSPS) is 17.0. The lowest BCUT2D eigenvalue weighted by molar-refractivity contribution is -0.151. The summed E-state index contributed by atoms with van der Waals surface area (Å²) in [6, 6.07) is -0.657. The van der Waals surface area contributed by atoms with Crippen LogP contribution in [-0.2, 0) is 19.1 Å².